The summed E-state index contributed by atoms with van der Waals surface area (Å²) in [5.41, 5.74) is 5.36. The van der Waals surface area contributed by atoms with Crippen molar-refractivity contribution in [3.05, 3.63) is 24.3 Å². The Labute approximate surface area is 296 Å². The van der Waals surface area contributed by atoms with Crippen molar-refractivity contribution in [2.24, 2.45) is 5.73 Å². The van der Waals surface area contributed by atoms with Gasteiger partial charge in [0.25, 0.3) is 0 Å². The van der Waals surface area contributed by atoms with Gasteiger partial charge in [-0.2, -0.15) is 0 Å². The highest BCUT2D eigenvalue weighted by Gasteiger charge is 2.26. The van der Waals surface area contributed by atoms with Crippen LogP contribution < -0.4 is 11.1 Å². The zero-order valence-corrected chi connectivity index (χ0v) is 32.1. The van der Waals surface area contributed by atoms with E-state index in [1.165, 1.54) is 128 Å². The molecular formula is C39H77N2O6P. The van der Waals surface area contributed by atoms with Crippen LogP contribution in [-0.4, -0.2) is 47.8 Å². The molecule has 0 rings (SSSR count). The topological polar surface area (TPSA) is 131 Å². The first-order valence-corrected chi connectivity index (χ1v) is 21.5. The summed E-state index contributed by atoms with van der Waals surface area (Å²) in [6, 6.07) is -0.871. The lowest BCUT2D eigenvalue weighted by atomic mass is 10.0. The molecular weight excluding hydrogens is 623 g/mol. The molecule has 0 radical (unpaired) electrons. The second-order valence-corrected chi connectivity index (χ2v) is 14.9. The van der Waals surface area contributed by atoms with Gasteiger partial charge in [0, 0.05) is 13.0 Å². The number of allylic oxidation sites excluding steroid dienone is 3. The number of aliphatic hydroxyl groups is 1. The molecule has 48 heavy (non-hydrogen) atoms. The van der Waals surface area contributed by atoms with Crippen LogP contribution in [0.1, 0.15) is 187 Å². The third-order valence-corrected chi connectivity index (χ3v) is 9.76. The van der Waals surface area contributed by atoms with Crippen molar-refractivity contribution in [3.63, 3.8) is 0 Å². The molecule has 5 N–H and O–H groups in total. The Morgan fingerprint density at radius 3 is 1.60 bits per heavy atom. The van der Waals surface area contributed by atoms with Crippen LogP contribution in [0.5, 0.6) is 0 Å². The van der Waals surface area contributed by atoms with Gasteiger partial charge in [0.05, 0.1) is 25.4 Å². The molecule has 0 aromatic heterocycles. The number of carbonyl (C=O) groups excluding carboxylic acids is 1. The zero-order chi connectivity index (χ0) is 35.4. The summed E-state index contributed by atoms with van der Waals surface area (Å²) in [6.07, 6.45) is 39.3. The van der Waals surface area contributed by atoms with Gasteiger partial charge in [-0.1, -0.05) is 173 Å². The van der Waals surface area contributed by atoms with Crippen molar-refractivity contribution in [2.75, 3.05) is 19.8 Å². The molecule has 0 aromatic rings. The molecule has 3 atom stereocenters. The highest BCUT2D eigenvalue weighted by molar-refractivity contribution is 7.47. The molecule has 0 saturated heterocycles. The van der Waals surface area contributed by atoms with Gasteiger partial charge in [0.1, 0.15) is 0 Å². The second kappa shape index (κ2) is 35.8. The Hall–Kier alpha value is -1.02. The fraction of sp³-hybridized carbons (Fsp3) is 0.872. The van der Waals surface area contributed by atoms with Crippen molar-refractivity contribution in [2.45, 2.75) is 199 Å². The van der Waals surface area contributed by atoms with Crippen LogP contribution in [0.15, 0.2) is 24.3 Å². The van der Waals surface area contributed by atoms with E-state index < -0.39 is 20.0 Å². The molecule has 0 aliphatic heterocycles. The minimum Gasteiger partial charge on any atom is -0.387 e. The van der Waals surface area contributed by atoms with E-state index in [2.05, 4.69) is 31.3 Å². The Kier molecular flexibility index (Phi) is 35.0. The third-order valence-electron chi connectivity index (χ3n) is 8.78. The fourth-order valence-corrected chi connectivity index (χ4v) is 6.49. The first-order valence-electron chi connectivity index (χ1n) is 20.0. The standard InChI is InChI=1S/C39H77N2O6P/c1-3-5-7-9-11-13-15-17-19-21-23-25-27-29-31-33-39(43)41-37(36-47-48(44,45)46-35-34-40)38(42)32-30-28-26-24-22-20-18-16-14-12-10-8-6-4-2/h22,24,30,32,37-38,42H,3-21,23,25-29,31,33-36,40H2,1-2H3,(H,41,43)(H,44,45)/b24-22+,32-30+. The van der Waals surface area contributed by atoms with Gasteiger partial charge in [-0.25, -0.2) is 4.57 Å². The van der Waals surface area contributed by atoms with Crippen molar-refractivity contribution >= 4 is 13.7 Å². The Morgan fingerprint density at radius 2 is 1.10 bits per heavy atom. The first kappa shape index (κ1) is 47.0. The molecule has 0 heterocycles. The number of phosphoric acid groups is 1. The Morgan fingerprint density at radius 1 is 0.667 bits per heavy atom. The number of hydrogen-bond acceptors (Lipinski definition) is 6. The zero-order valence-electron chi connectivity index (χ0n) is 31.2. The van der Waals surface area contributed by atoms with Gasteiger partial charge in [0.2, 0.25) is 5.91 Å². The van der Waals surface area contributed by atoms with Gasteiger partial charge in [0.15, 0.2) is 0 Å². The predicted molar refractivity (Wildman–Crippen MR) is 203 cm³/mol. The van der Waals surface area contributed by atoms with Gasteiger partial charge in [-0.15, -0.1) is 0 Å². The normalized spacial score (nSPS) is 14.5. The molecule has 3 unspecified atom stereocenters. The lowest BCUT2D eigenvalue weighted by Crippen LogP contribution is -2.45. The summed E-state index contributed by atoms with van der Waals surface area (Å²) in [7, 11) is -4.34. The van der Waals surface area contributed by atoms with Crippen LogP contribution in [0.25, 0.3) is 0 Å². The summed E-state index contributed by atoms with van der Waals surface area (Å²) in [6.45, 7) is 4.11. The summed E-state index contributed by atoms with van der Waals surface area (Å²) in [5.74, 6) is -0.203. The largest absolute Gasteiger partial charge is 0.472 e. The van der Waals surface area contributed by atoms with Crippen molar-refractivity contribution < 1.29 is 28.4 Å². The van der Waals surface area contributed by atoms with E-state index in [0.717, 1.165) is 38.5 Å². The monoisotopic (exact) mass is 701 g/mol. The minimum atomic E-state index is -4.34. The molecule has 0 aliphatic rings. The quantitative estimate of drug-likeness (QED) is 0.0288. The molecule has 0 fully saturated rings. The maximum atomic E-state index is 12.7. The van der Waals surface area contributed by atoms with Gasteiger partial charge in [-0.3, -0.25) is 13.8 Å². The van der Waals surface area contributed by atoms with E-state index in [1.54, 1.807) is 6.08 Å². The maximum absolute atomic E-state index is 12.7. The third kappa shape index (κ3) is 33.5. The Balaban J connectivity index is 4.31. The molecule has 0 aliphatic carbocycles. The number of nitrogens with two attached hydrogens (primary N) is 1. The molecule has 0 saturated carbocycles. The van der Waals surface area contributed by atoms with E-state index in [-0.39, 0.29) is 25.7 Å². The number of rotatable bonds is 37. The molecule has 0 spiro atoms. The average Bonchev–Trinajstić information content (AvgIpc) is 3.07. The average molecular weight is 701 g/mol. The molecule has 0 aromatic carbocycles. The highest BCUT2D eigenvalue weighted by atomic mass is 31.2. The molecule has 284 valence electrons. The second-order valence-electron chi connectivity index (χ2n) is 13.5. The first-order chi connectivity index (χ1) is 23.4. The van der Waals surface area contributed by atoms with Crippen LogP contribution >= 0.6 is 7.82 Å². The van der Waals surface area contributed by atoms with Crippen molar-refractivity contribution in [3.8, 4) is 0 Å². The smallest absolute Gasteiger partial charge is 0.387 e. The summed E-state index contributed by atoms with van der Waals surface area (Å²) in [4.78, 5) is 22.6. The van der Waals surface area contributed by atoms with E-state index in [4.69, 9.17) is 14.8 Å². The number of aliphatic hydroxyl groups excluding tert-OH is 1. The van der Waals surface area contributed by atoms with Crippen LogP contribution in [0.4, 0.5) is 0 Å². The van der Waals surface area contributed by atoms with Crippen LogP contribution in [0, 0.1) is 0 Å². The highest BCUT2D eigenvalue weighted by Crippen LogP contribution is 2.43. The molecule has 0 bridgehead atoms. The summed E-state index contributed by atoms with van der Waals surface area (Å²) >= 11 is 0. The number of unbranched alkanes of at least 4 members (excludes halogenated alkanes) is 23. The van der Waals surface area contributed by atoms with Crippen LogP contribution in [-0.2, 0) is 18.4 Å². The molecule has 1 amide bonds. The number of hydrogen-bond donors (Lipinski definition) is 4. The lowest BCUT2D eigenvalue weighted by molar-refractivity contribution is -0.123. The van der Waals surface area contributed by atoms with Crippen molar-refractivity contribution in [1.82, 2.24) is 5.32 Å². The van der Waals surface area contributed by atoms with E-state index in [0.29, 0.717) is 6.42 Å². The molecule has 8 nitrogen and oxygen atoms in total. The van der Waals surface area contributed by atoms with Gasteiger partial charge >= 0.3 is 7.82 Å². The van der Waals surface area contributed by atoms with E-state index >= 15 is 0 Å². The van der Waals surface area contributed by atoms with Crippen LogP contribution in [0.2, 0.25) is 0 Å². The number of amides is 1. The SMILES string of the molecule is CCCCCCCCCC/C=C/CC/C=C/C(O)C(COP(=O)(O)OCCN)NC(=O)CCCCCCCCCCCCCCCCC. The fourth-order valence-electron chi connectivity index (χ4n) is 5.74. The van der Waals surface area contributed by atoms with Crippen molar-refractivity contribution in [1.29, 1.82) is 0 Å². The predicted octanol–water partition coefficient (Wildman–Crippen LogP) is 10.6. The van der Waals surface area contributed by atoms with E-state index in [1.807, 2.05) is 6.08 Å². The van der Waals surface area contributed by atoms with E-state index in [9.17, 15) is 19.4 Å². The lowest BCUT2D eigenvalue weighted by Gasteiger charge is -2.23. The van der Waals surface area contributed by atoms with Gasteiger partial charge < -0.3 is 21.1 Å². The number of carbonyl (C=O) groups is 1. The maximum Gasteiger partial charge on any atom is 0.472 e. The Bertz CT molecular complexity index is 809. The number of nitrogens with one attached hydrogen (secondary N) is 1. The summed E-state index contributed by atoms with van der Waals surface area (Å²) in [5, 5.41) is 13.6. The van der Waals surface area contributed by atoms with Crippen LogP contribution in [0.3, 0.4) is 0 Å². The summed E-state index contributed by atoms with van der Waals surface area (Å²) < 4.78 is 22.0. The number of phosphoric ester groups is 1. The minimum absolute atomic E-state index is 0.0757. The van der Waals surface area contributed by atoms with Gasteiger partial charge in [-0.05, 0) is 32.1 Å². The molecule has 9 heteroatoms.